The molecule has 0 N–H and O–H groups in total. The Hall–Kier alpha value is -2.94. The summed E-state index contributed by atoms with van der Waals surface area (Å²) >= 11 is 0. The zero-order valence-corrected chi connectivity index (χ0v) is 11.0. The second kappa shape index (κ2) is 6.48. The normalized spacial score (nSPS) is 9.90. The third-order valence-electron chi connectivity index (χ3n) is 2.84. The van der Waals surface area contributed by atoms with Gasteiger partial charge in [-0.3, -0.25) is 10.1 Å². The van der Waals surface area contributed by atoms with Gasteiger partial charge < -0.3 is 4.74 Å². The van der Waals surface area contributed by atoms with Crippen molar-refractivity contribution >= 4 is 5.69 Å². The minimum atomic E-state index is -0.575. The number of benzene rings is 2. The van der Waals surface area contributed by atoms with E-state index in [9.17, 15) is 14.5 Å². The van der Waals surface area contributed by atoms with Crippen LogP contribution in [0.2, 0.25) is 0 Å². The number of hydrogen-bond donors (Lipinski definition) is 0. The zero-order chi connectivity index (χ0) is 15.2. The van der Waals surface area contributed by atoms with Crippen molar-refractivity contribution in [1.82, 2.24) is 0 Å². The number of hydrogen-bond acceptors (Lipinski definition) is 4. The van der Waals surface area contributed by atoms with E-state index in [1.54, 1.807) is 24.3 Å². The van der Waals surface area contributed by atoms with Gasteiger partial charge in [0.1, 0.15) is 18.2 Å². The van der Waals surface area contributed by atoms with Crippen molar-refractivity contribution in [2.45, 2.75) is 13.0 Å². The lowest BCUT2D eigenvalue weighted by Gasteiger charge is -2.07. The van der Waals surface area contributed by atoms with E-state index in [2.05, 4.69) is 0 Å². The molecule has 0 aliphatic heterocycles. The summed E-state index contributed by atoms with van der Waals surface area (Å²) in [6.07, 6.45) is 0.301. The van der Waals surface area contributed by atoms with Crippen LogP contribution in [0.5, 0.6) is 5.75 Å². The first kappa shape index (κ1) is 14.5. The molecule has 0 radical (unpaired) electrons. The fourth-order valence-corrected chi connectivity index (χ4v) is 1.80. The highest BCUT2D eigenvalue weighted by Gasteiger charge is 2.14. The third kappa shape index (κ3) is 3.76. The maximum atomic E-state index is 13.2. The molecule has 2 rings (SSSR count). The van der Waals surface area contributed by atoms with Gasteiger partial charge in [-0.2, -0.15) is 5.26 Å². The largest absolute Gasteiger partial charge is 0.489 e. The van der Waals surface area contributed by atoms with Gasteiger partial charge in [-0.05, 0) is 29.8 Å². The second-order valence-corrected chi connectivity index (χ2v) is 4.30. The van der Waals surface area contributed by atoms with E-state index in [-0.39, 0.29) is 17.9 Å². The predicted molar refractivity (Wildman–Crippen MR) is 73.1 cm³/mol. The molecule has 2 aromatic rings. The van der Waals surface area contributed by atoms with Crippen LogP contribution in [0.4, 0.5) is 10.1 Å². The summed E-state index contributed by atoms with van der Waals surface area (Å²) in [7, 11) is 0. The number of nitrogens with zero attached hydrogens (tertiary/aromatic N) is 2. The molecule has 6 heteroatoms. The van der Waals surface area contributed by atoms with Crippen molar-refractivity contribution < 1.29 is 14.1 Å². The molecule has 0 aliphatic carbocycles. The molecule has 2 aromatic carbocycles. The molecule has 0 saturated carbocycles. The first-order valence-electron chi connectivity index (χ1n) is 6.11. The quantitative estimate of drug-likeness (QED) is 0.623. The van der Waals surface area contributed by atoms with Crippen LogP contribution in [0.25, 0.3) is 0 Å². The Morgan fingerprint density at radius 1 is 1.24 bits per heavy atom. The number of nitro groups is 1. The number of rotatable bonds is 5. The molecule has 0 fully saturated rings. The van der Waals surface area contributed by atoms with Gasteiger partial charge in [-0.15, -0.1) is 0 Å². The monoisotopic (exact) mass is 286 g/mol. The van der Waals surface area contributed by atoms with Gasteiger partial charge in [0.15, 0.2) is 0 Å². The first-order valence-corrected chi connectivity index (χ1v) is 6.11. The molecule has 21 heavy (non-hydrogen) atoms. The van der Waals surface area contributed by atoms with Crippen LogP contribution in [0, 0.1) is 27.3 Å². The van der Waals surface area contributed by atoms with Crippen LogP contribution in [-0.2, 0) is 13.0 Å². The van der Waals surface area contributed by atoms with Gasteiger partial charge in [0.25, 0.3) is 5.69 Å². The number of nitro benzene ring substituents is 1. The zero-order valence-electron chi connectivity index (χ0n) is 11.0. The maximum absolute atomic E-state index is 13.2. The lowest BCUT2D eigenvalue weighted by molar-refractivity contribution is -0.385. The molecule has 0 aliphatic rings. The number of halogens is 1. The number of ether oxygens (including phenoxy) is 1. The van der Waals surface area contributed by atoms with Crippen molar-refractivity contribution in [3.8, 4) is 11.8 Å². The van der Waals surface area contributed by atoms with Crippen LogP contribution < -0.4 is 4.74 Å². The van der Waals surface area contributed by atoms with Crippen molar-refractivity contribution in [2.75, 3.05) is 0 Å². The van der Waals surface area contributed by atoms with Crippen molar-refractivity contribution in [3.63, 3.8) is 0 Å². The Labute approximate surface area is 120 Å². The van der Waals surface area contributed by atoms with Gasteiger partial charge in [-0.1, -0.05) is 12.1 Å². The summed E-state index contributed by atoms with van der Waals surface area (Å²) in [5, 5.41) is 19.4. The Morgan fingerprint density at radius 2 is 1.95 bits per heavy atom. The standard InChI is InChI=1S/C15H11FN2O3/c16-13-3-6-15(18(19)20)12(9-13)10-21-14-4-1-11(2-5-14)7-8-17/h1-6,9H,7,10H2. The van der Waals surface area contributed by atoms with Crippen molar-refractivity contribution in [2.24, 2.45) is 0 Å². The highest BCUT2D eigenvalue weighted by atomic mass is 19.1. The number of nitriles is 1. The van der Waals surface area contributed by atoms with E-state index < -0.39 is 10.7 Å². The van der Waals surface area contributed by atoms with Crippen LogP contribution >= 0.6 is 0 Å². The van der Waals surface area contributed by atoms with E-state index in [4.69, 9.17) is 10.00 Å². The molecule has 5 nitrogen and oxygen atoms in total. The molecule has 106 valence electrons. The average Bonchev–Trinajstić information content (AvgIpc) is 2.46. The van der Waals surface area contributed by atoms with Gasteiger partial charge in [0.2, 0.25) is 0 Å². The van der Waals surface area contributed by atoms with Crippen molar-refractivity contribution in [3.05, 3.63) is 69.5 Å². The average molecular weight is 286 g/mol. The van der Waals surface area contributed by atoms with Crippen LogP contribution in [0.15, 0.2) is 42.5 Å². The summed E-state index contributed by atoms with van der Waals surface area (Å²) < 4.78 is 18.6. The molecular weight excluding hydrogens is 275 g/mol. The van der Waals surface area contributed by atoms with Gasteiger partial charge in [0.05, 0.1) is 23.0 Å². The molecule has 0 amide bonds. The summed E-state index contributed by atoms with van der Waals surface area (Å²) in [4.78, 5) is 10.3. The smallest absolute Gasteiger partial charge is 0.276 e. The lowest BCUT2D eigenvalue weighted by atomic mass is 10.1. The Bertz CT molecular complexity index is 693. The maximum Gasteiger partial charge on any atom is 0.276 e. The molecule has 0 heterocycles. The summed E-state index contributed by atoms with van der Waals surface area (Å²) in [5.74, 6) is -0.0567. The SMILES string of the molecule is N#CCc1ccc(OCc2cc(F)ccc2[N+](=O)[O-])cc1. The Balaban J connectivity index is 2.11. The second-order valence-electron chi connectivity index (χ2n) is 4.30. The molecule has 0 atom stereocenters. The Kier molecular flexibility index (Phi) is 4.46. The fourth-order valence-electron chi connectivity index (χ4n) is 1.80. The summed E-state index contributed by atoms with van der Waals surface area (Å²) in [6.45, 7) is -0.105. The predicted octanol–water partition coefficient (Wildman–Crippen LogP) is 3.38. The van der Waals surface area contributed by atoms with E-state index in [0.29, 0.717) is 12.2 Å². The van der Waals surface area contributed by atoms with E-state index in [1.807, 2.05) is 6.07 Å². The molecule has 0 aromatic heterocycles. The Morgan fingerprint density at radius 3 is 2.57 bits per heavy atom. The first-order chi connectivity index (χ1) is 10.1. The highest BCUT2D eigenvalue weighted by molar-refractivity contribution is 5.40. The molecular formula is C15H11FN2O3. The summed E-state index contributed by atoms with van der Waals surface area (Å²) in [5.41, 5.74) is 0.834. The highest BCUT2D eigenvalue weighted by Crippen LogP contribution is 2.22. The minimum Gasteiger partial charge on any atom is -0.489 e. The molecule has 0 unspecified atom stereocenters. The van der Waals surface area contributed by atoms with E-state index >= 15 is 0 Å². The third-order valence-corrected chi connectivity index (χ3v) is 2.84. The van der Waals surface area contributed by atoms with Crippen LogP contribution in [-0.4, -0.2) is 4.92 Å². The molecule has 0 spiro atoms. The lowest BCUT2D eigenvalue weighted by Crippen LogP contribution is -2.01. The van der Waals surface area contributed by atoms with E-state index in [0.717, 1.165) is 23.8 Å². The molecule has 0 bridgehead atoms. The van der Waals surface area contributed by atoms with Gasteiger partial charge in [0, 0.05) is 6.07 Å². The van der Waals surface area contributed by atoms with Crippen LogP contribution in [0.3, 0.4) is 0 Å². The summed E-state index contributed by atoms with van der Waals surface area (Å²) in [6, 6.07) is 12.1. The van der Waals surface area contributed by atoms with Gasteiger partial charge in [-0.25, -0.2) is 4.39 Å². The van der Waals surface area contributed by atoms with Crippen molar-refractivity contribution in [1.29, 1.82) is 5.26 Å². The minimum absolute atomic E-state index is 0.105. The van der Waals surface area contributed by atoms with Crippen LogP contribution in [0.1, 0.15) is 11.1 Å². The fraction of sp³-hybridized carbons (Fsp3) is 0.133. The van der Waals surface area contributed by atoms with E-state index in [1.165, 1.54) is 0 Å². The molecule has 0 saturated heterocycles. The topological polar surface area (TPSA) is 76.2 Å². The van der Waals surface area contributed by atoms with Gasteiger partial charge >= 0.3 is 0 Å².